The summed E-state index contributed by atoms with van der Waals surface area (Å²) in [6, 6.07) is 10.5. The molecule has 1 aromatic rings. The highest BCUT2D eigenvalue weighted by Crippen LogP contribution is 2.15. The van der Waals surface area contributed by atoms with Crippen LogP contribution in [0.3, 0.4) is 0 Å². The third kappa shape index (κ3) is 1.53. The molecule has 0 aliphatic heterocycles. The maximum atomic E-state index is 2.18. The predicted octanol–water partition coefficient (Wildman–Crippen LogP) is 3.04. The lowest BCUT2D eigenvalue weighted by molar-refractivity contribution is 0.958. The lowest BCUT2D eigenvalue weighted by Crippen LogP contribution is -1.89. The standard InChI is InChI=1S/C10H13/c1-3-9(2)10-7-5-4-6-8-10/h4-8H,3H2,1-2H3/q+1. The molecule has 0 unspecified atom stereocenters. The fraction of sp³-hybridized carbons (Fsp3) is 0.300. The normalized spacial score (nSPS) is 9.40. The largest absolute Gasteiger partial charge is 0.132 e. The number of hydrogen-bond acceptors (Lipinski definition) is 0. The molecule has 0 amide bonds. The molecule has 10 heavy (non-hydrogen) atoms. The van der Waals surface area contributed by atoms with E-state index < -0.39 is 0 Å². The van der Waals surface area contributed by atoms with E-state index in [0.29, 0.717) is 0 Å². The van der Waals surface area contributed by atoms with E-state index in [-0.39, 0.29) is 0 Å². The molecule has 1 rings (SSSR count). The van der Waals surface area contributed by atoms with Gasteiger partial charge in [0.25, 0.3) is 0 Å². The summed E-state index contributed by atoms with van der Waals surface area (Å²) in [5.41, 5.74) is 1.37. The van der Waals surface area contributed by atoms with Crippen molar-refractivity contribution in [3.8, 4) is 0 Å². The Morgan fingerprint density at radius 3 is 2.30 bits per heavy atom. The van der Waals surface area contributed by atoms with Crippen LogP contribution in [-0.4, -0.2) is 0 Å². The Morgan fingerprint density at radius 2 is 1.80 bits per heavy atom. The Hall–Kier alpha value is -0.910. The van der Waals surface area contributed by atoms with Gasteiger partial charge in [0, 0.05) is 31.4 Å². The highest BCUT2D eigenvalue weighted by molar-refractivity contribution is 5.28. The smallest absolute Gasteiger partial charge is 0.0498 e. The van der Waals surface area contributed by atoms with Crippen LogP contribution in [0.2, 0.25) is 0 Å². The van der Waals surface area contributed by atoms with Crippen molar-refractivity contribution in [3.05, 3.63) is 41.8 Å². The summed E-state index contributed by atoms with van der Waals surface area (Å²) < 4.78 is 0. The Morgan fingerprint density at radius 1 is 1.20 bits per heavy atom. The average molecular weight is 133 g/mol. The lowest BCUT2D eigenvalue weighted by atomic mass is 9.99. The van der Waals surface area contributed by atoms with Crippen molar-refractivity contribution in [2.75, 3.05) is 0 Å². The summed E-state index contributed by atoms with van der Waals surface area (Å²) in [7, 11) is 0. The fourth-order valence-electron chi connectivity index (χ4n) is 0.927. The highest BCUT2D eigenvalue weighted by Gasteiger charge is 2.07. The maximum absolute atomic E-state index is 2.18. The van der Waals surface area contributed by atoms with Gasteiger partial charge >= 0.3 is 0 Å². The molecular formula is C10H13+. The van der Waals surface area contributed by atoms with Crippen LogP contribution in [0.15, 0.2) is 30.3 Å². The summed E-state index contributed by atoms with van der Waals surface area (Å²) in [5.74, 6) is 1.46. The molecular weight excluding hydrogens is 120 g/mol. The molecule has 52 valence electrons. The van der Waals surface area contributed by atoms with E-state index in [1.807, 2.05) is 6.07 Å². The van der Waals surface area contributed by atoms with Crippen LogP contribution in [0.5, 0.6) is 0 Å². The van der Waals surface area contributed by atoms with E-state index in [9.17, 15) is 0 Å². The van der Waals surface area contributed by atoms with Gasteiger partial charge in [-0.1, -0.05) is 0 Å². The van der Waals surface area contributed by atoms with Crippen molar-refractivity contribution in [3.63, 3.8) is 0 Å². The van der Waals surface area contributed by atoms with Crippen molar-refractivity contribution in [2.24, 2.45) is 0 Å². The van der Waals surface area contributed by atoms with E-state index in [1.54, 1.807) is 0 Å². The molecule has 0 heterocycles. The second-order valence-corrected chi connectivity index (χ2v) is 2.50. The minimum atomic E-state index is 1.14. The minimum Gasteiger partial charge on any atom is -0.0498 e. The maximum Gasteiger partial charge on any atom is 0.132 e. The first-order valence-corrected chi connectivity index (χ1v) is 3.72. The topological polar surface area (TPSA) is 0 Å². The number of hydrogen-bond donors (Lipinski definition) is 0. The zero-order valence-electron chi connectivity index (χ0n) is 6.59. The molecule has 0 fully saturated rings. The van der Waals surface area contributed by atoms with Gasteiger partial charge in [-0.05, 0) is 25.1 Å². The summed E-state index contributed by atoms with van der Waals surface area (Å²) in [5, 5.41) is 0. The van der Waals surface area contributed by atoms with Crippen molar-refractivity contribution < 1.29 is 0 Å². The lowest BCUT2D eigenvalue weighted by Gasteiger charge is -1.97. The SMILES string of the molecule is CC[C+](C)c1ccccc1. The van der Waals surface area contributed by atoms with Gasteiger partial charge in [-0.2, -0.15) is 0 Å². The predicted molar refractivity (Wildman–Crippen MR) is 44.8 cm³/mol. The van der Waals surface area contributed by atoms with Crippen LogP contribution in [0.25, 0.3) is 0 Å². The Kier molecular flexibility index (Phi) is 2.38. The Bertz CT molecular complexity index is 176. The van der Waals surface area contributed by atoms with Gasteiger partial charge in [0.05, 0.1) is 0 Å². The molecule has 0 bridgehead atoms. The van der Waals surface area contributed by atoms with E-state index in [0.717, 1.165) is 6.42 Å². The third-order valence-electron chi connectivity index (χ3n) is 1.80. The highest BCUT2D eigenvalue weighted by atomic mass is 14.0. The number of rotatable bonds is 2. The second-order valence-electron chi connectivity index (χ2n) is 2.50. The Balaban J connectivity index is 2.75. The molecule has 0 N–H and O–H groups in total. The van der Waals surface area contributed by atoms with Crippen molar-refractivity contribution in [1.82, 2.24) is 0 Å². The van der Waals surface area contributed by atoms with Gasteiger partial charge < -0.3 is 0 Å². The molecule has 0 radical (unpaired) electrons. The van der Waals surface area contributed by atoms with Crippen LogP contribution in [0, 0.1) is 5.92 Å². The van der Waals surface area contributed by atoms with Crippen molar-refractivity contribution in [1.29, 1.82) is 0 Å². The van der Waals surface area contributed by atoms with Gasteiger partial charge in [0.2, 0.25) is 0 Å². The van der Waals surface area contributed by atoms with E-state index in [4.69, 9.17) is 0 Å². The number of benzene rings is 1. The van der Waals surface area contributed by atoms with Gasteiger partial charge in [-0.3, -0.25) is 0 Å². The van der Waals surface area contributed by atoms with E-state index in [2.05, 4.69) is 38.1 Å². The first-order chi connectivity index (χ1) is 4.84. The fourth-order valence-corrected chi connectivity index (χ4v) is 0.927. The average Bonchev–Trinajstić information content (AvgIpc) is 2.05. The molecule has 0 saturated carbocycles. The molecule has 1 aromatic carbocycles. The van der Waals surface area contributed by atoms with E-state index in [1.165, 1.54) is 11.5 Å². The van der Waals surface area contributed by atoms with Gasteiger partial charge in [-0.25, -0.2) is 0 Å². The summed E-state index contributed by atoms with van der Waals surface area (Å²) in [6.45, 7) is 4.36. The van der Waals surface area contributed by atoms with E-state index >= 15 is 0 Å². The van der Waals surface area contributed by atoms with Crippen LogP contribution < -0.4 is 0 Å². The first kappa shape index (κ1) is 7.20. The quantitative estimate of drug-likeness (QED) is 0.544. The van der Waals surface area contributed by atoms with Crippen LogP contribution >= 0.6 is 0 Å². The van der Waals surface area contributed by atoms with Crippen LogP contribution in [0.1, 0.15) is 25.8 Å². The Labute approximate surface area is 62.9 Å². The summed E-state index contributed by atoms with van der Waals surface area (Å²) in [6.07, 6.45) is 1.14. The minimum absolute atomic E-state index is 1.14. The molecule has 0 atom stereocenters. The summed E-state index contributed by atoms with van der Waals surface area (Å²) in [4.78, 5) is 0. The van der Waals surface area contributed by atoms with Crippen LogP contribution in [-0.2, 0) is 0 Å². The molecule has 0 saturated heterocycles. The molecule has 0 spiro atoms. The zero-order chi connectivity index (χ0) is 7.40. The van der Waals surface area contributed by atoms with Crippen LogP contribution in [0.4, 0.5) is 0 Å². The molecule has 0 aliphatic rings. The monoisotopic (exact) mass is 133 g/mol. The second kappa shape index (κ2) is 3.31. The zero-order valence-corrected chi connectivity index (χ0v) is 6.59. The van der Waals surface area contributed by atoms with Crippen molar-refractivity contribution >= 4 is 0 Å². The van der Waals surface area contributed by atoms with Gasteiger partial charge in [-0.15, -0.1) is 0 Å². The molecule has 0 aliphatic carbocycles. The summed E-state index contributed by atoms with van der Waals surface area (Å²) >= 11 is 0. The molecule has 0 nitrogen and oxygen atoms in total. The van der Waals surface area contributed by atoms with Crippen molar-refractivity contribution in [2.45, 2.75) is 20.3 Å². The molecule has 0 heteroatoms. The van der Waals surface area contributed by atoms with Gasteiger partial charge in [0.1, 0.15) is 5.56 Å². The van der Waals surface area contributed by atoms with Gasteiger partial charge in [0.15, 0.2) is 0 Å². The third-order valence-corrected chi connectivity index (χ3v) is 1.80. The first-order valence-electron chi connectivity index (χ1n) is 3.72. The molecule has 0 aromatic heterocycles.